The molecule has 0 amide bonds. The first-order valence-electron chi connectivity index (χ1n) is 7.20. The van der Waals surface area contributed by atoms with E-state index in [9.17, 15) is 4.79 Å². The number of carbonyl (C=O) groups excluding carboxylic acids is 1. The second kappa shape index (κ2) is 4.80. The smallest absolute Gasteiger partial charge is 0.204 e. The highest BCUT2D eigenvalue weighted by atomic mass is 16.1. The van der Waals surface area contributed by atoms with Gasteiger partial charge in [0.15, 0.2) is 6.29 Å². The summed E-state index contributed by atoms with van der Waals surface area (Å²) in [4.78, 5) is 11.4. The van der Waals surface area contributed by atoms with Crippen LogP contribution in [-0.4, -0.2) is 31.5 Å². The van der Waals surface area contributed by atoms with E-state index in [1.807, 2.05) is 24.4 Å². The molecule has 6 heteroatoms. The van der Waals surface area contributed by atoms with Gasteiger partial charge in [0, 0.05) is 34.3 Å². The van der Waals surface area contributed by atoms with Crippen LogP contribution < -0.4 is 0 Å². The van der Waals surface area contributed by atoms with Gasteiger partial charge in [0.2, 0.25) is 5.82 Å². The molecule has 0 saturated heterocycles. The molecule has 21 heavy (non-hydrogen) atoms. The molecule has 1 saturated carbocycles. The Bertz CT molecular complexity index is 784. The highest BCUT2D eigenvalue weighted by molar-refractivity contribution is 5.99. The molecule has 2 heterocycles. The molecule has 3 aromatic rings. The Morgan fingerprint density at radius 1 is 1.29 bits per heavy atom. The maximum absolute atomic E-state index is 11.4. The molecule has 0 bridgehead atoms. The summed E-state index contributed by atoms with van der Waals surface area (Å²) in [7, 11) is 0. The molecule has 2 aromatic heterocycles. The number of benzene rings is 1. The highest BCUT2D eigenvalue weighted by Gasteiger charge is 2.20. The second-order valence-electron chi connectivity index (χ2n) is 5.52. The molecule has 0 unspecified atom stereocenters. The van der Waals surface area contributed by atoms with Crippen molar-refractivity contribution in [2.24, 2.45) is 0 Å². The van der Waals surface area contributed by atoms with Gasteiger partial charge in [-0.1, -0.05) is 12.8 Å². The van der Waals surface area contributed by atoms with Crippen LogP contribution in [0.5, 0.6) is 0 Å². The number of aromatic nitrogens is 5. The summed E-state index contributed by atoms with van der Waals surface area (Å²) in [6.07, 6.45) is 7.81. The van der Waals surface area contributed by atoms with Crippen LogP contribution in [0.4, 0.5) is 0 Å². The third kappa shape index (κ3) is 1.94. The summed E-state index contributed by atoms with van der Waals surface area (Å²) in [6.45, 7) is 0. The molecule has 1 aromatic carbocycles. The third-order valence-electron chi connectivity index (χ3n) is 4.31. The topological polar surface area (TPSA) is 76.5 Å². The zero-order chi connectivity index (χ0) is 14.2. The number of fused-ring (bicyclic) bond motifs is 1. The first-order chi connectivity index (χ1) is 10.4. The Hall–Kier alpha value is -2.50. The fraction of sp³-hybridized carbons (Fsp3) is 0.333. The summed E-state index contributed by atoms with van der Waals surface area (Å²) < 4.78 is 2.26. The quantitative estimate of drug-likeness (QED) is 0.749. The number of nitrogens with zero attached hydrogens (tertiary/aromatic N) is 4. The first-order valence-corrected chi connectivity index (χ1v) is 7.20. The lowest BCUT2D eigenvalue weighted by Gasteiger charge is -2.13. The van der Waals surface area contributed by atoms with Crippen LogP contribution >= 0.6 is 0 Å². The SMILES string of the molecule is O=Cc1cn(C2CCCC2)c2ccc(-c3nn[nH]n3)cc12. The van der Waals surface area contributed by atoms with Gasteiger partial charge in [0.1, 0.15) is 0 Å². The summed E-state index contributed by atoms with van der Waals surface area (Å²) in [5.74, 6) is 0.544. The number of aromatic amines is 1. The first kappa shape index (κ1) is 12.3. The van der Waals surface area contributed by atoms with Crippen LogP contribution in [0.1, 0.15) is 42.1 Å². The zero-order valence-electron chi connectivity index (χ0n) is 11.5. The van der Waals surface area contributed by atoms with Crippen LogP contribution in [0.2, 0.25) is 0 Å². The van der Waals surface area contributed by atoms with Gasteiger partial charge in [-0.3, -0.25) is 4.79 Å². The molecule has 1 fully saturated rings. The van der Waals surface area contributed by atoms with Crippen LogP contribution in [0.15, 0.2) is 24.4 Å². The van der Waals surface area contributed by atoms with Crippen LogP contribution in [0.25, 0.3) is 22.3 Å². The molecule has 6 nitrogen and oxygen atoms in total. The van der Waals surface area contributed by atoms with Crippen LogP contribution in [0, 0.1) is 0 Å². The minimum absolute atomic E-state index is 0.511. The number of rotatable bonds is 3. The van der Waals surface area contributed by atoms with E-state index >= 15 is 0 Å². The minimum Gasteiger partial charge on any atom is -0.344 e. The Labute approximate surface area is 121 Å². The van der Waals surface area contributed by atoms with Crippen molar-refractivity contribution >= 4 is 17.2 Å². The van der Waals surface area contributed by atoms with Crippen molar-refractivity contribution in [2.45, 2.75) is 31.7 Å². The van der Waals surface area contributed by atoms with Crippen molar-refractivity contribution in [2.75, 3.05) is 0 Å². The number of aldehydes is 1. The Morgan fingerprint density at radius 3 is 2.86 bits per heavy atom. The fourth-order valence-corrected chi connectivity index (χ4v) is 3.28. The lowest BCUT2D eigenvalue weighted by Crippen LogP contribution is -2.02. The van der Waals surface area contributed by atoms with E-state index in [4.69, 9.17) is 0 Å². The molecule has 106 valence electrons. The molecular formula is C15H15N5O. The van der Waals surface area contributed by atoms with E-state index in [-0.39, 0.29) is 0 Å². The lowest BCUT2D eigenvalue weighted by molar-refractivity contribution is 0.112. The summed E-state index contributed by atoms with van der Waals surface area (Å²) in [5, 5.41) is 15.0. The Balaban J connectivity index is 1.88. The molecule has 1 N–H and O–H groups in total. The number of nitrogens with one attached hydrogen (secondary N) is 1. The Morgan fingerprint density at radius 2 is 2.14 bits per heavy atom. The standard InChI is InChI=1S/C15H15N5O/c21-9-11-8-20(12-3-1-2-4-12)14-6-5-10(7-13(11)14)15-16-18-19-17-15/h5-9,12H,1-4H2,(H,16,17,18,19). The van der Waals surface area contributed by atoms with E-state index in [2.05, 4.69) is 25.2 Å². The average molecular weight is 281 g/mol. The minimum atomic E-state index is 0.511. The Kier molecular flexibility index (Phi) is 2.80. The molecule has 0 aliphatic heterocycles. The van der Waals surface area contributed by atoms with Gasteiger partial charge >= 0.3 is 0 Å². The second-order valence-corrected chi connectivity index (χ2v) is 5.52. The largest absolute Gasteiger partial charge is 0.344 e. The van der Waals surface area contributed by atoms with E-state index in [0.717, 1.165) is 28.3 Å². The summed E-state index contributed by atoms with van der Waals surface area (Å²) >= 11 is 0. The number of H-pyrrole nitrogens is 1. The van der Waals surface area contributed by atoms with E-state index in [0.29, 0.717) is 11.9 Å². The predicted octanol–water partition coefficient (Wildman–Crippen LogP) is 2.75. The van der Waals surface area contributed by atoms with Gasteiger partial charge in [-0.2, -0.15) is 5.21 Å². The maximum atomic E-state index is 11.4. The molecule has 1 aliphatic rings. The van der Waals surface area contributed by atoms with Crippen LogP contribution in [0.3, 0.4) is 0 Å². The number of carbonyl (C=O) groups is 1. The zero-order valence-corrected chi connectivity index (χ0v) is 11.5. The monoisotopic (exact) mass is 281 g/mol. The molecule has 4 rings (SSSR count). The lowest BCUT2D eigenvalue weighted by atomic mass is 10.1. The van der Waals surface area contributed by atoms with Crippen molar-refractivity contribution in [3.63, 3.8) is 0 Å². The van der Waals surface area contributed by atoms with Gasteiger partial charge in [0.05, 0.1) is 0 Å². The normalized spacial score (nSPS) is 15.8. The number of hydrogen-bond donors (Lipinski definition) is 1. The van der Waals surface area contributed by atoms with E-state index in [1.54, 1.807) is 0 Å². The molecule has 0 radical (unpaired) electrons. The van der Waals surface area contributed by atoms with Gasteiger partial charge in [-0.05, 0) is 36.3 Å². The van der Waals surface area contributed by atoms with Crippen molar-refractivity contribution < 1.29 is 4.79 Å². The molecular weight excluding hydrogens is 266 g/mol. The van der Waals surface area contributed by atoms with Crippen molar-refractivity contribution in [3.05, 3.63) is 30.0 Å². The number of hydrogen-bond acceptors (Lipinski definition) is 4. The van der Waals surface area contributed by atoms with Crippen molar-refractivity contribution in [1.82, 2.24) is 25.2 Å². The van der Waals surface area contributed by atoms with Gasteiger partial charge in [-0.25, -0.2) is 0 Å². The molecule has 0 spiro atoms. The summed E-state index contributed by atoms with van der Waals surface area (Å²) in [5.41, 5.74) is 2.70. The van der Waals surface area contributed by atoms with E-state index in [1.165, 1.54) is 25.7 Å². The maximum Gasteiger partial charge on any atom is 0.204 e. The van der Waals surface area contributed by atoms with Crippen LogP contribution in [-0.2, 0) is 0 Å². The molecule has 0 atom stereocenters. The molecule has 1 aliphatic carbocycles. The summed E-state index contributed by atoms with van der Waals surface area (Å²) in [6, 6.07) is 6.51. The average Bonchev–Trinajstić information content (AvgIpc) is 3.26. The van der Waals surface area contributed by atoms with Gasteiger partial charge in [0.25, 0.3) is 0 Å². The van der Waals surface area contributed by atoms with Crippen molar-refractivity contribution in [1.29, 1.82) is 0 Å². The van der Waals surface area contributed by atoms with Crippen molar-refractivity contribution in [3.8, 4) is 11.4 Å². The third-order valence-corrected chi connectivity index (χ3v) is 4.31. The fourth-order valence-electron chi connectivity index (χ4n) is 3.28. The van der Waals surface area contributed by atoms with Gasteiger partial charge in [-0.15, -0.1) is 10.2 Å². The highest BCUT2D eigenvalue weighted by Crippen LogP contribution is 2.35. The predicted molar refractivity (Wildman–Crippen MR) is 78.0 cm³/mol. The number of tetrazole rings is 1. The van der Waals surface area contributed by atoms with Gasteiger partial charge < -0.3 is 4.57 Å². The van der Waals surface area contributed by atoms with E-state index < -0.39 is 0 Å².